The maximum atomic E-state index is 10.7. The summed E-state index contributed by atoms with van der Waals surface area (Å²) in [6.07, 6.45) is 2.96. The van der Waals surface area contributed by atoms with E-state index in [1.807, 2.05) is 0 Å². The molecule has 0 spiro atoms. The molecule has 0 aliphatic rings. The minimum Gasteiger partial charge on any atom is -0.285 e. The lowest BCUT2D eigenvalue weighted by Crippen LogP contribution is -2.08. The summed E-state index contributed by atoms with van der Waals surface area (Å²) in [6, 6.07) is 3.22. The molecule has 0 aromatic carbocycles. The standard InChI is InChI=1S/C7H9NO3S/c1-6(12(9,10)11)7-3-2-4-8-5-7/h2-6H,1H3,(H,9,10,11). The van der Waals surface area contributed by atoms with Gasteiger partial charge in [0.2, 0.25) is 0 Å². The summed E-state index contributed by atoms with van der Waals surface area (Å²) in [5.41, 5.74) is 0.486. The minimum atomic E-state index is -4.00. The highest BCUT2D eigenvalue weighted by atomic mass is 32.2. The maximum absolute atomic E-state index is 10.7. The molecule has 0 saturated carbocycles. The number of hydrogen-bond acceptors (Lipinski definition) is 3. The fraction of sp³-hybridized carbons (Fsp3) is 0.286. The van der Waals surface area contributed by atoms with E-state index in [0.29, 0.717) is 5.56 Å². The van der Waals surface area contributed by atoms with E-state index in [9.17, 15) is 8.42 Å². The maximum Gasteiger partial charge on any atom is 0.271 e. The topological polar surface area (TPSA) is 67.3 Å². The van der Waals surface area contributed by atoms with Crippen LogP contribution >= 0.6 is 0 Å². The van der Waals surface area contributed by atoms with Gasteiger partial charge in [-0.25, -0.2) is 0 Å². The van der Waals surface area contributed by atoms with Gasteiger partial charge in [-0.15, -0.1) is 0 Å². The quantitative estimate of drug-likeness (QED) is 0.702. The molecular formula is C7H9NO3S. The van der Waals surface area contributed by atoms with Crippen LogP contribution in [0.25, 0.3) is 0 Å². The van der Waals surface area contributed by atoms with Crippen molar-refractivity contribution in [1.82, 2.24) is 4.98 Å². The Morgan fingerprint density at radius 1 is 1.58 bits per heavy atom. The number of aromatic nitrogens is 1. The summed E-state index contributed by atoms with van der Waals surface area (Å²) in [5.74, 6) is 0. The predicted molar refractivity (Wildman–Crippen MR) is 44.2 cm³/mol. The van der Waals surface area contributed by atoms with E-state index in [0.717, 1.165) is 0 Å². The van der Waals surface area contributed by atoms with Crippen molar-refractivity contribution in [2.24, 2.45) is 0 Å². The van der Waals surface area contributed by atoms with Gasteiger partial charge in [0.15, 0.2) is 0 Å². The van der Waals surface area contributed by atoms with Gasteiger partial charge in [0, 0.05) is 12.4 Å². The number of rotatable bonds is 2. The van der Waals surface area contributed by atoms with Crippen molar-refractivity contribution in [1.29, 1.82) is 0 Å². The molecule has 1 rings (SSSR count). The van der Waals surface area contributed by atoms with E-state index in [4.69, 9.17) is 4.55 Å². The van der Waals surface area contributed by atoms with Crippen LogP contribution in [0.1, 0.15) is 17.7 Å². The van der Waals surface area contributed by atoms with Crippen molar-refractivity contribution in [2.75, 3.05) is 0 Å². The molecule has 1 heterocycles. The fourth-order valence-electron chi connectivity index (χ4n) is 0.788. The van der Waals surface area contributed by atoms with Crippen molar-refractivity contribution in [3.8, 4) is 0 Å². The van der Waals surface area contributed by atoms with E-state index in [2.05, 4.69) is 4.98 Å². The Hall–Kier alpha value is -0.940. The molecule has 5 heteroatoms. The van der Waals surface area contributed by atoms with Crippen molar-refractivity contribution in [3.05, 3.63) is 30.1 Å². The minimum absolute atomic E-state index is 0.486. The van der Waals surface area contributed by atoms with Crippen LogP contribution in [0.2, 0.25) is 0 Å². The zero-order valence-corrected chi connectivity index (χ0v) is 7.32. The summed E-state index contributed by atoms with van der Waals surface area (Å²) in [7, 11) is -4.00. The molecule has 1 aromatic rings. The first kappa shape index (κ1) is 9.15. The molecule has 1 atom stereocenters. The Balaban J connectivity index is 3.02. The van der Waals surface area contributed by atoms with Gasteiger partial charge in [-0.1, -0.05) is 6.07 Å². The Morgan fingerprint density at radius 3 is 2.67 bits per heavy atom. The molecule has 4 nitrogen and oxygen atoms in total. The molecular weight excluding hydrogens is 178 g/mol. The molecule has 1 N–H and O–H groups in total. The molecule has 0 aliphatic heterocycles. The fourth-order valence-corrected chi connectivity index (χ4v) is 1.27. The van der Waals surface area contributed by atoms with Crippen molar-refractivity contribution < 1.29 is 13.0 Å². The molecule has 66 valence electrons. The Labute approximate surface area is 71.0 Å². The summed E-state index contributed by atoms with van der Waals surface area (Å²) < 4.78 is 30.0. The first-order valence-electron chi connectivity index (χ1n) is 3.38. The summed E-state index contributed by atoms with van der Waals surface area (Å²) in [5, 5.41) is -0.911. The second-order valence-electron chi connectivity index (χ2n) is 2.44. The molecule has 0 fully saturated rings. The van der Waals surface area contributed by atoms with Crippen molar-refractivity contribution >= 4 is 10.1 Å². The lowest BCUT2D eigenvalue weighted by Gasteiger charge is -2.06. The highest BCUT2D eigenvalue weighted by molar-refractivity contribution is 7.86. The first-order chi connectivity index (χ1) is 5.52. The molecule has 1 unspecified atom stereocenters. The van der Waals surface area contributed by atoms with Crippen LogP contribution < -0.4 is 0 Å². The third kappa shape index (κ3) is 2.02. The van der Waals surface area contributed by atoms with Crippen LogP contribution in [0.5, 0.6) is 0 Å². The average molecular weight is 187 g/mol. The highest BCUT2D eigenvalue weighted by Crippen LogP contribution is 2.18. The van der Waals surface area contributed by atoms with Crippen LogP contribution in [-0.2, 0) is 10.1 Å². The van der Waals surface area contributed by atoms with E-state index >= 15 is 0 Å². The highest BCUT2D eigenvalue weighted by Gasteiger charge is 2.18. The van der Waals surface area contributed by atoms with Crippen LogP contribution in [0.4, 0.5) is 0 Å². The number of nitrogens with zero attached hydrogens (tertiary/aromatic N) is 1. The summed E-state index contributed by atoms with van der Waals surface area (Å²) in [6.45, 7) is 1.41. The van der Waals surface area contributed by atoms with Crippen molar-refractivity contribution in [2.45, 2.75) is 12.2 Å². The molecule has 0 bridgehead atoms. The van der Waals surface area contributed by atoms with Gasteiger partial charge in [-0.2, -0.15) is 8.42 Å². The van der Waals surface area contributed by atoms with Gasteiger partial charge in [-0.3, -0.25) is 9.54 Å². The second-order valence-corrected chi connectivity index (χ2v) is 4.18. The largest absolute Gasteiger partial charge is 0.285 e. The third-order valence-corrected chi connectivity index (χ3v) is 2.77. The molecule has 0 amide bonds. The number of pyridine rings is 1. The lowest BCUT2D eigenvalue weighted by molar-refractivity contribution is 0.472. The summed E-state index contributed by atoms with van der Waals surface area (Å²) in [4.78, 5) is 3.74. The molecule has 0 aliphatic carbocycles. The molecule has 0 saturated heterocycles. The first-order valence-corrected chi connectivity index (χ1v) is 4.88. The monoisotopic (exact) mass is 187 g/mol. The number of hydrogen-bond donors (Lipinski definition) is 1. The average Bonchev–Trinajstić information content (AvgIpc) is 2.03. The Kier molecular flexibility index (Phi) is 2.44. The third-order valence-electron chi connectivity index (χ3n) is 1.60. The normalized spacial score (nSPS) is 14.2. The Bertz CT molecular complexity index is 346. The molecule has 12 heavy (non-hydrogen) atoms. The van der Waals surface area contributed by atoms with Crippen LogP contribution in [0.15, 0.2) is 24.5 Å². The lowest BCUT2D eigenvalue weighted by atomic mass is 10.2. The van der Waals surface area contributed by atoms with Crippen LogP contribution in [-0.4, -0.2) is 18.0 Å². The van der Waals surface area contributed by atoms with E-state index in [-0.39, 0.29) is 0 Å². The van der Waals surface area contributed by atoms with Crippen molar-refractivity contribution in [3.63, 3.8) is 0 Å². The predicted octanol–water partition coefficient (Wildman–Crippen LogP) is 1.03. The van der Waals surface area contributed by atoms with Crippen LogP contribution in [0, 0.1) is 0 Å². The SMILES string of the molecule is CC(c1cccnc1)S(=O)(=O)O. The summed E-state index contributed by atoms with van der Waals surface area (Å²) >= 11 is 0. The van der Waals surface area contributed by atoms with E-state index in [1.54, 1.807) is 18.3 Å². The zero-order valence-electron chi connectivity index (χ0n) is 6.51. The smallest absolute Gasteiger partial charge is 0.271 e. The van der Waals surface area contributed by atoms with Gasteiger partial charge in [0.1, 0.15) is 5.25 Å². The molecule has 0 radical (unpaired) electrons. The van der Waals surface area contributed by atoms with Gasteiger partial charge < -0.3 is 0 Å². The van der Waals surface area contributed by atoms with E-state index < -0.39 is 15.4 Å². The van der Waals surface area contributed by atoms with Gasteiger partial charge in [0.25, 0.3) is 10.1 Å². The zero-order chi connectivity index (χ0) is 9.19. The van der Waals surface area contributed by atoms with E-state index in [1.165, 1.54) is 13.1 Å². The Morgan fingerprint density at radius 2 is 2.25 bits per heavy atom. The molecule has 1 aromatic heterocycles. The second kappa shape index (κ2) is 3.20. The van der Waals surface area contributed by atoms with Gasteiger partial charge in [0.05, 0.1) is 0 Å². The van der Waals surface area contributed by atoms with Crippen LogP contribution in [0.3, 0.4) is 0 Å². The van der Waals surface area contributed by atoms with Gasteiger partial charge in [-0.05, 0) is 18.6 Å². The van der Waals surface area contributed by atoms with Gasteiger partial charge >= 0.3 is 0 Å².